The predicted molar refractivity (Wildman–Crippen MR) is 58.3 cm³/mol. The molecular weight excluding hydrogens is 188 g/mol. The summed E-state index contributed by atoms with van der Waals surface area (Å²) >= 11 is 0. The summed E-state index contributed by atoms with van der Waals surface area (Å²) < 4.78 is 2.01. The highest BCUT2D eigenvalue weighted by Gasteiger charge is 2.15. The summed E-state index contributed by atoms with van der Waals surface area (Å²) in [6.07, 6.45) is 7.37. The minimum absolute atomic E-state index is 0.0960. The van der Waals surface area contributed by atoms with E-state index in [9.17, 15) is 0 Å². The zero-order valence-corrected chi connectivity index (χ0v) is 8.88. The molecule has 0 amide bonds. The number of imidazole rings is 1. The van der Waals surface area contributed by atoms with Gasteiger partial charge in [-0.15, -0.1) is 0 Å². The van der Waals surface area contributed by atoms with Crippen LogP contribution in [0.5, 0.6) is 0 Å². The van der Waals surface area contributed by atoms with Gasteiger partial charge in [-0.1, -0.05) is 6.07 Å². The topological polar surface area (TPSA) is 42.7 Å². The highest BCUT2D eigenvalue weighted by atomic mass is 15.1. The van der Waals surface area contributed by atoms with Gasteiger partial charge in [0.05, 0.1) is 6.04 Å². The van der Waals surface area contributed by atoms with Crippen molar-refractivity contribution in [3.63, 3.8) is 0 Å². The number of nitrogens with zero attached hydrogens (tertiary/aromatic N) is 3. The number of hydrogen-bond acceptors (Lipinski definition) is 3. The van der Waals surface area contributed by atoms with E-state index in [0.717, 1.165) is 11.4 Å². The van der Waals surface area contributed by atoms with Gasteiger partial charge < -0.3 is 9.88 Å². The summed E-state index contributed by atoms with van der Waals surface area (Å²) in [5, 5.41) is 3.24. The van der Waals surface area contributed by atoms with Crippen molar-refractivity contribution in [1.82, 2.24) is 19.9 Å². The highest BCUT2D eigenvalue weighted by Crippen LogP contribution is 2.18. The summed E-state index contributed by atoms with van der Waals surface area (Å²) in [6.45, 7) is 0. The van der Waals surface area contributed by atoms with E-state index in [0.29, 0.717) is 0 Å². The number of rotatable bonds is 3. The zero-order chi connectivity index (χ0) is 10.7. The molecular formula is C11H14N4. The fourth-order valence-corrected chi connectivity index (χ4v) is 1.65. The first kappa shape index (κ1) is 9.86. The van der Waals surface area contributed by atoms with Crippen molar-refractivity contribution in [1.29, 1.82) is 0 Å². The van der Waals surface area contributed by atoms with Crippen LogP contribution in [0, 0.1) is 0 Å². The molecule has 15 heavy (non-hydrogen) atoms. The first-order valence-corrected chi connectivity index (χ1v) is 4.87. The van der Waals surface area contributed by atoms with Crippen LogP contribution >= 0.6 is 0 Å². The molecule has 1 N–H and O–H groups in total. The Bertz CT molecular complexity index is 421. The van der Waals surface area contributed by atoms with Crippen molar-refractivity contribution in [2.24, 2.45) is 7.05 Å². The van der Waals surface area contributed by atoms with Crippen molar-refractivity contribution < 1.29 is 0 Å². The Morgan fingerprint density at radius 1 is 1.40 bits per heavy atom. The van der Waals surface area contributed by atoms with Crippen LogP contribution in [0.3, 0.4) is 0 Å². The van der Waals surface area contributed by atoms with Gasteiger partial charge in [0, 0.05) is 31.8 Å². The fraction of sp³-hybridized carbons (Fsp3) is 0.273. The van der Waals surface area contributed by atoms with Crippen molar-refractivity contribution in [3.8, 4) is 0 Å². The van der Waals surface area contributed by atoms with Crippen LogP contribution in [0.25, 0.3) is 0 Å². The van der Waals surface area contributed by atoms with Gasteiger partial charge in [0.2, 0.25) is 0 Å². The molecule has 0 aromatic carbocycles. The molecule has 0 fully saturated rings. The molecule has 2 aromatic rings. The smallest absolute Gasteiger partial charge is 0.130 e. The van der Waals surface area contributed by atoms with E-state index < -0.39 is 0 Å². The quantitative estimate of drug-likeness (QED) is 0.811. The van der Waals surface area contributed by atoms with Crippen LogP contribution in [0.4, 0.5) is 0 Å². The first-order chi connectivity index (χ1) is 7.33. The minimum atomic E-state index is 0.0960. The number of nitrogens with one attached hydrogen (secondary N) is 1. The Labute approximate surface area is 89.0 Å². The number of pyridine rings is 1. The Balaban J connectivity index is 2.37. The lowest BCUT2D eigenvalue weighted by atomic mass is 10.1. The standard InChI is InChI=1S/C11H14N4/c1-12-10(9-4-3-5-13-8-9)11-14-6-7-15(11)2/h3-8,10,12H,1-2H3. The number of hydrogen-bond donors (Lipinski definition) is 1. The van der Waals surface area contributed by atoms with Crippen molar-refractivity contribution in [2.45, 2.75) is 6.04 Å². The third-order valence-electron chi connectivity index (χ3n) is 2.42. The van der Waals surface area contributed by atoms with E-state index in [1.165, 1.54) is 0 Å². The maximum Gasteiger partial charge on any atom is 0.130 e. The summed E-state index contributed by atoms with van der Waals surface area (Å²) in [7, 11) is 3.91. The van der Waals surface area contributed by atoms with Crippen LogP contribution in [0.2, 0.25) is 0 Å². The summed E-state index contributed by atoms with van der Waals surface area (Å²) in [5.74, 6) is 0.991. The Morgan fingerprint density at radius 2 is 2.27 bits per heavy atom. The van der Waals surface area contributed by atoms with Gasteiger partial charge in [0.15, 0.2) is 0 Å². The number of aryl methyl sites for hydroxylation is 1. The Kier molecular flexibility index (Phi) is 2.78. The third-order valence-corrected chi connectivity index (χ3v) is 2.42. The van der Waals surface area contributed by atoms with Crippen LogP contribution < -0.4 is 5.32 Å². The molecule has 4 heteroatoms. The van der Waals surface area contributed by atoms with Gasteiger partial charge in [-0.2, -0.15) is 0 Å². The molecule has 0 saturated heterocycles. The van der Waals surface area contributed by atoms with Crippen LogP contribution in [0.1, 0.15) is 17.4 Å². The summed E-state index contributed by atoms with van der Waals surface area (Å²) in [6, 6.07) is 4.07. The van der Waals surface area contributed by atoms with Crippen molar-refractivity contribution in [2.75, 3.05) is 7.05 Å². The molecule has 1 atom stereocenters. The second-order valence-electron chi connectivity index (χ2n) is 3.40. The predicted octanol–water partition coefficient (Wildman–Crippen LogP) is 1.12. The lowest BCUT2D eigenvalue weighted by Gasteiger charge is -2.15. The summed E-state index contributed by atoms with van der Waals surface area (Å²) in [4.78, 5) is 8.45. The number of aromatic nitrogens is 3. The normalized spacial score (nSPS) is 12.7. The molecule has 0 radical (unpaired) electrons. The zero-order valence-electron chi connectivity index (χ0n) is 8.88. The van der Waals surface area contributed by atoms with Gasteiger partial charge >= 0.3 is 0 Å². The van der Waals surface area contributed by atoms with E-state index in [4.69, 9.17) is 0 Å². The van der Waals surface area contributed by atoms with Gasteiger partial charge in [-0.3, -0.25) is 4.98 Å². The van der Waals surface area contributed by atoms with E-state index in [1.54, 1.807) is 12.4 Å². The second kappa shape index (κ2) is 4.23. The molecule has 0 aliphatic rings. The first-order valence-electron chi connectivity index (χ1n) is 4.87. The molecule has 2 aromatic heterocycles. The van der Waals surface area contributed by atoms with E-state index in [1.807, 2.05) is 43.2 Å². The van der Waals surface area contributed by atoms with E-state index in [2.05, 4.69) is 15.3 Å². The molecule has 0 bridgehead atoms. The van der Waals surface area contributed by atoms with Gasteiger partial charge in [0.1, 0.15) is 5.82 Å². The highest BCUT2D eigenvalue weighted by molar-refractivity contribution is 5.21. The average molecular weight is 202 g/mol. The van der Waals surface area contributed by atoms with Crippen LogP contribution in [0.15, 0.2) is 36.9 Å². The third kappa shape index (κ3) is 1.89. The maximum absolute atomic E-state index is 4.34. The van der Waals surface area contributed by atoms with Gasteiger partial charge in [-0.05, 0) is 18.7 Å². The molecule has 0 saturated carbocycles. The Hall–Kier alpha value is -1.68. The largest absolute Gasteiger partial charge is 0.336 e. The summed E-state index contributed by atoms with van der Waals surface area (Å²) in [5.41, 5.74) is 1.12. The van der Waals surface area contributed by atoms with Crippen molar-refractivity contribution in [3.05, 3.63) is 48.3 Å². The van der Waals surface area contributed by atoms with Crippen LogP contribution in [-0.2, 0) is 7.05 Å². The van der Waals surface area contributed by atoms with E-state index in [-0.39, 0.29) is 6.04 Å². The Morgan fingerprint density at radius 3 is 2.80 bits per heavy atom. The monoisotopic (exact) mass is 202 g/mol. The lowest BCUT2D eigenvalue weighted by molar-refractivity contribution is 0.615. The van der Waals surface area contributed by atoms with E-state index >= 15 is 0 Å². The molecule has 4 nitrogen and oxygen atoms in total. The molecule has 0 spiro atoms. The minimum Gasteiger partial charge on any atom is -0.336 e. The second-order valence-corrected chi connectivity index (χ2v) is 3.40. The molecule has 0 aliphatic carbocycles. The maximum atomic E-state index is 4.34. The molecule has 2 heterocycles. The average Bonchev–Trinajstić information content (AvgIpc) is 2.68. The molecule has 78 valence electrons. The van der Waals surface area contributed by atoms with Gasteiger partial charge in [-0.25, -0.2) is 4.98 Å². The molecule has 0 aliphatic heterocycles. The fourth-order valence-electron chi connectivity index (χ4n) is 1.65. The SMILES string of the molecule is CNC(c1cccnc1)c1nccn1C. The lowest BCUT2D eigenvalue weighted by Crippen LogP contribution is -2.21. The van der Waals surface area contributed by atoms with Gasteiger partial charge in [0.25, 0.3) is 0 Å². The molecule has 1 unspecified atom stereocenters. The van der Waals surface area contributed by atoms with Crippen molar-refractivity contribution >= 4 is 0 Å². The molecule has 2 rings (SSSR count). The van der Waals surface area contributed by atoms with Crippen LogP contribution in [-0.4, -0.2) is 21.6 Å².